The first-order chi connectivity index (χ1) is 7.76. The third-order valence-corrected chi connectivity index (χ3v) is 3.58. The normalized spacial score (nSPS) is 28.7. The fourth-order valence-corrected chi connectivity index (χ4v) is 2.39. The molecule has 0 aromatic rings. The van der Waals surface area contributed by atoms with Crippen LogP contribution in [0, 0.1) is 5.92 Å². The number of hydrogen-bond donors (Lipinski definition) is 1. The summed E-state index contributed by atoms with van der Waals surface area (Å²) in [5.41, 5.74) is 0. The topological polar surface area (TPSA) is 30.5 Å². The SMILES string of the molecule is COCC(CNC1CCCC(C)CC1)OC. The van der Waals surface area contributed by atoms with Crippen molar-refractivity contribution in [2.75, 3.05) is 27.4 Å². The predicted octanol–water partition coefficient (Wildman–Crippen LogP) is 2.21. The first kappa shape index (κ1) is 13.9. The van der Waals surface area contributed by atoms with Crippen LogP contribution in [0.3, 0.4) is 0 Å². The lowest BCUT2D eigenvalue weighted by Gasteiger charge is -2.20. The van der Waals surface area contributed by atoms with Crippen LogP contribution in [0.4, 0.5) is 0 Å². The van der Waals surface area contributed by atoms with E-state index in [0.717, 1.165) is 12.5 Å². The molecule has 0 aromatic carbocycles. The molecule has 0 spiro atoms. The Bertz CT molecular complexity index is 175. The van der Waals surface area contributed by atoms with Crippen LogP contribution in [0.1, 0.15) is 39.0 Å². The van der Waals surface area contributed by atoms with E-state index in [-0.39, 0.29) is 6.10 Å². The van der Waals surface area contributed by atoms with Gasteiger partial charge in [-0.3, -0.25) is 0 Å². The van der Waals surface area contributed by atoms with Gasteiger partial charge in [0.05, 0.1) is 12.7 Å². The molecule has 0 saturated heterocycles. The van der Waals surface area contributed by atoms with E-state index in [0.29, 0.717) is 12.6 Å². The van der Waals surface area contributed by atoms with Gasteiger partial charge in [0.25, 0.3) is 0 Å². The number of nitrogens with one attached hydrogen (secondary N) is 1. The zero-order chi connectivity index (χ0) is 11.8. The lowest BCUT2D eigenvalue weighted by Crippen LogP contribution is -2.38. The molecule has 1 aliphatic rings. The van der Waals surface area contributed by atoms with Crippen LogP contribution < -0.4 is 5.32 Å². The summed E-state index contributed by atoms with van der Waals surface area (Å²) in [5.74, 6) is 0.906. The van der Waals surface area contributed by atoms with Gasteiger partial charge in [-0.25, -0.2) is 0 Å². The summed E-state index contributed by atoms with van der Waals surface area (Å²) in [6.45, 7) is 3.95. The molecular weight excluding hydrogens is 202 g/mol. The van der Waals surface area contributed by atoms with Gasteiger partial charge in [-0.05, 0) is 25.2 Å². The minimum Gasteiger partial charge on any atom is -0.382 e. The third-order valence-electron chi connectivity index (χ3n) is 3.58. The van der Waals surface area contributed by atoms with E-state index in [2.05, 4.69) is 12.2 Å². The van der Waals surface area contributed by atoms with Crippen molar-refractivity contribution >= 4 is 0 Å². The van der Waals surface area contributed by atoms with Crippen molar-refractivity contribution in [3.05, 3.63) is 0 Å². The van der Waals surface area contributed by atoms with Gasteiger partial charge in [0.2, 0.25) is 0 Å². The first-order valence-corrected chi connectivity index (χ1v) is 6.51. The van der Waals surface area contributed by atoms with E-state index in [9.17, 15) is 0 Å². The standard InChI is InChI=1S/C13H27NO2/c1-11-5-4-6-12(8-7-11)14-9-13(16-3)10-15-2/h11-14H,4-10H2,1-3H3. The van der Waals surface area contributed by atoms with Crippen molar-refractivity contribution in [2.45, 2.75) is 51.2 Å². The quantitative estimate of drug-likeness (QED) is 0.708. The zero-order valence-corrected chi connectivity index (χ0v) is 11.0. The van der Waals surface area contributed by atoms with Crippen molar-refractivity contribution in [3.63, 3.8) is 0 Å². The van der Waals surface area contributed by atoms with Crippen LogP contribution in [0.25, 0.3) is 0 Å². The average molecular weight is 229 g/mol. The van der Waals surface area contributed by atoms with E-state index in [1.165, 1.54) is 32.1 Å². The number of rotatable bonds is 6. The van der Waals surface area contributed by atoms with E-state index in [1.807, 2.05) is 0 Å². The molecule has 3 atom stereocenters. The third kappa shape index (κ3) is 5.28. The molecule has 0 radical (unpaired) electrons. The smallest absolute Gasteiger partial charge is 0.0928 e. The lowest BCUT2D eigenvalue weighted by atomic mass is 10.0. The van der Waals surface area contributed by atoms with E-state index < -0.39 is 0 Å². The molecule has 0 heterocycles. The van der Waals surface area contributed by atoms with Crippen molar-refractivity contribution in [1.82, 2.24) is 5.32 Å². The Morgan fingerprint density at radius 1 is 1.19 bits per heavy atom. The molecule has 0 amide bonds. The van der Waals surface area contributed by atoms with Crippen LogP contribution in [0.15, 0.2) is 0 Å². The molecule has 1 N–H and O–H groups in total. The van der Waals surface area contributed by atoms with Crippen LogP contribution in [-0.4, -0.2) is 39.5 Å². The summed E-state index contributed by atoms with van der Waals surface area (Å²) in [4.78, 5) is 0. The van der Waals surface area contributed by atoms with Crippen LogP contribution in [-0.2, 0) is 9.47 Å². The van der Waals surface area contributed by atoms with Gasteiger partial charge in [0.15, 0.2) is 0 Å². The zero-order valence-electron chi connectivity index (χ0n) is 11.0. The molecule has 1 fully saturated rings. The van der Waals surface area contributed by atoms with Gasteiger partial charge in [-0.2, -0.15) is 0 Å². The highest BCUT2D eigenvalue weighted by Crippen LogP contribution is 2.22. The molecule has 0 aromatic heterocycles. The molecule has 1 saturated carbocycles. The van der Waals surface area contributed by atoms with Gasteiger partial charge >= 0.3 is 0 Å². The Balaban J connectivity index is 2.20. The Kier molecular flexibility index (Phi) is 7.01. The van der Waals surface area contributed by atoms with Gasteiger partial charge in [0.1, 0.15) is 0 Å². The van der Waals surface area contributed by atoms with Crippen molar-refractivity contribution in [1.29, 1.82) is 0 Å². The summed E-state index contributed by atoms with van der Waals surface area (Å²) in [6.07, 6.45) is 6.92. The molecule has 3 unspecified atom stereocenters. The van der Waals surface area contributed by atoms with Crippen LogP contribution in [0.5, 0.6) is 0 Å². The molecule has 16 heavy (non-hydrogen) atoms. The molecule has 1 rings (SSSR count). The second-order valence-corrected chi connectivity index (χ2v) is 5.03. The Morgan fingerprint density at radius 2 is 2.00 bits per heavy atom. The lowest BCUT2D eigenvalue weighted by molar-refractivity contribution is 0.0270. The van der Waals surface area contributed by atoms with Crippen LogP contribution in [0.2, 0.25) is 0 Å². The van der Waals surface area contributed by atoms with Crippen molar-refractivity contribution in [3.8, 4) is 0 Å². The number of ether oxygens (including phenoxy) is 2. The van der Waals surface area contributed by atoms with Crippen LogP contribution >= 0.6 is 0 Å². The van der Waals surface area contributed by atoms with E-state index in [4.69, 9.17) is 9.47 Å². The molecular formula is C13H27NO2. The van der Waals surface area contributed by atoms with Gasteiger partial charge in [-0.1, -0.05) is 19.8 Å². The summed E-state index contributed by atoms with van der Waals surface area (Å²) < 4.78 is 10.5. The summed E-state index contributed by atoms with van der Waals surface area (Å²) in [7, 11) is 3.47. The predicted molar refractivity (Wildman–Crippen MR) is 66.7 cm³/mol. The molecule has 3 nitrogen and oxygen atoms in total. The summed E-state index contributed by atoms with van der Waals surface area (Å²) in [6, 6.07) is 0.680. The molecule has 3 heteroatoms. The fourth-order valence-electron chi connectivity index (χ4n) is 2.39. The fraction of sp³-hybridized carbons (Fsp3) is 1.00. The highest BCUT2D eigenvalue weighted by atomic mass is 16.5. The van der Waals surface area contributed by atoms with Gasteiger partial charge < -0.3 is 14.8 Å². The Hall–Kier alpha value is -0.120. The van der Waals surface area contributed by atoms with Gasteiger partial charge in [-0.15, -0.1) is 0 Å². The maximum Gasteiger partial charge on any atom is 0.0928 e. The summed E-state index contributed by atoms with van der Waals surface area (Å²) in [5, 5.41) is 3.61. The van der Waals surface area contributed by atoms with E-state index in [1.54, 1.807) is 14.2 Å². The maximum absolute atomic E-state index is 5.35. The Labute approximate surface area is 99.9 Å². The minimum atomic E-state index is 0.186. The van der Waals surface area contributed by atoms with Crippen molar-refractivity contribution < 1.29 is 9.47 Å². The largest absolute Gasteiger partial charge is 0.382 e. The first-order valence-electron chi connectivity index (χ1n) is 6.51. The highest BCUT2D eigenvalue weighted by Gasteiger charge is 2.17. The molecule has 0 bridgehead atoms. The Morgan fingerprint density at radius 3 is 2.69 bits per heavy atom. The van der Waals surface area contributed by atoms with Crippen molar-refractivity contribution in [2.24, 2.45) is 5.92 Å². The number of methoxy groups -OCH3 is 2. The minimum absolute atomic E-state index is 0.186. The molecule has 1 aliphatic carbocycles. The van der Waals surface area contributed by atoms with Gasteiger partial charge in [0, 0.05) is 26.8 Å². The number of hydrogen-bond acceptors (Lipinski definition) is 3. The average Bonchev–Trinajstić information content (AvgIpc) is 2.49. The highest BCUT2D eigenvalue weighted by molar-refractivity contribution is 4.74. The maximum atomic E-state index is 5.35. The molecule has 0 aliphatic heterocycles. The monoisotopic (exact) mass is 229 g/mol. The summed E-state index contributed by atoms with van der Waals surface area (Å²) >= 11 is 0. The molecule has 96 valence electrons. The van der Waals surface area contributed by atoms with E-state index >= 15 is 0 Å². The second kappa shape index (κ2) is 8.04. The second-order valence-electron chi connectivity index (χ2n) is 5.03.